The highest BCUT2D eigenvalue weighted by Gasteiger charge is 2.11. The fourth-order valence-corrected chi connectivity index (χ4v) is 2.31. The summed E-state index contributed by atoms with van der Waals surface area (Å²) in [6.45, 7) is 0.813. The van der Waals surface area contributed by atoms with Crippen molar-refractivity contribution in [1.82, 2.24) is 0 Å². The minimum atomic E-state index is -1.02. The Bertz CT molecular complexity index is 462. The van der Waals surface area contributed by atoms with E-state index in [0.717, 1.165) is 23.2 Å². The molecule has 0 saturated carbocycles. The molecular weight excluding hydrogens is 248 g/mol. The van der Waals surface area contributed by atoms with E-state index in [4.69, 9.17) is 16.7 Å². The molecule has 1 aliphatic heterocycles. The lowest BCUT2D eigenvalue weighted by Crippen LogP contribution is -2.05. The molecule has 1 heterocycles. The van der Waals surface area contributed by atoms with Gasteiger partial charge in [-0.05, 0) is 18.2 Å². The number of amidine groups is 1. The number of aliphatic imine (C=N–C) groups is 1. The number of carbonyl (C=O) groups is 1. The van der Waals surface area contributed by atoms with Crippen molar-refractivity contribution in [2.24, 2.45) is 4.99 Å². The Hall–Kier alpha value is -1.20. The maximum atomic E-state index is 10.7. The van der Waals surface area contributed by atoms with E-state index in [1.807, 2.05) is 0 Å². The fraction of sp³-hybridized carbons (Fsp3) is 0.200. The van der Waals surface area contributed by atoms with E-state index >= 15 is 0 Å². The van der Waals surface area contributed by atoms with Gasteiger partial charge < -0.3 is 10.4 Å². The number of anilines is 1. The third kappa shape index (κ3) is 2.48. The van der Waals surface area contributed by atoms with Crippen LogP contribution in [0.4, 0.5) is 5.69 Å². The zero-order valence-electron chi connectivity index (χ0n) is 8.24. The minimum absolute atomic E-state index is 0.105. The first-order valence-corrected chi connectivity index (χ1v) is 6.00. The third-order valence-corrected chi connectivity index (χ3v) is 3.24. The van der Waals surface area contributed by atoms with Gasteiger partial charge >= 0.3 is 5.97 Å². The molecule has 1 aromatic rings. The van der Waals surface area contributed by atoms with Gasteiger partial charge in [0, 0.05) is 11.4 Å². The summed E-state index contributed by atoms with van der Waals surface area (Å²) >= 11 is 7.48. The summed E-state index contributed by atoms with van der Waals surface area (Å²) in [5.41, 5.74) is 0.858. The Balaban J connectivity index is 2.17. The topological polar surface area (TPSA) is 61.7 Å². The number of thioether (sulfide) groups is 1. The Morgan fingerprint density at radius 1 is 1.56 bits per heavy atom. The molecule has 0 unspecified atom stereocenters. The van der Waals surface area contributed by atoms with Crippen molar-refractivity contribution in [2.45, 2.75) is 0 Å². The Kier molecular flexibility index (Phi) is 3.36. The van der Waals surface area contributed by atoms with Gasteiger partial charge in [0.25, 0.3) is 0 Å². The number of carboxylic acids is 1. The Morgan fingerprint density at radius 2 is 2.38 bits per heavy atom. The van der Waals surface area contributed by atoms with Gasteiger partial charge in [0.2, 0.25) is 0 Å². The van der Waals surface area contributed by atoms with Crippen LogP contribution < -0.4 is 5.32 Å². The number of nitrogens with zero attached hydrogens (tertiary/aromatic N) is 1. The predicted octanol–water partition coefficient (Wildman–Crippen LogP) is 2.55. The zero-order valence-corrected chi connectivity index (χ0v) is 9.81. The second-order valence-corrected chi connectivity index (χ2v) is 4.65. The number of halogens is 1. The van der Waals surface area contributed by atoms with Gasteiger partial charge in [-0.3, -0.25) is 4.99 Å². The number of carboxylic acid groups (broad SMARTS) is 1. The summed E-state index contributed by atoms with van der Waals surface area (Å²) in [6, 6.07) is 4.75. The van der Waals surface area contributed by atoms with E-state index in [2.05, 4.69) is 10.3 Å². The molecule has 0 saturated heterocycles. The van der Waals surface area contributed by atoms with Gasteiger partial charge in [-0.2, -0.15) is 0 Å². The SMILES string of the molecule is O=C(O)c1ccc(NC2=NCCS2)cc1Cl. The molecule has 0 aliphatic carbocycles. The summed E-state index contributed by atoms with van der Waals surface area (Å²) < 4.78 is 0. The maximum absolute atomic E-state index is 10.7. The molecule has 2 N–H and O–H groups in total. The van der Waals surface area contributed by atoms with E-state index in [1.165, 1.54) is 6.07 Å². The fourth-order valence-electron chi connectivity index (χ4n) is 1.30. The van der Waals surface area contributed by atoms with E-state index in [9.17, 15) is 4.79 Å². The monoisotopic (exact) mass is 256 g/mol. The number of benzene rings is 1. The molecule has 0 spiro atoms. The highest BCUT2D eigenvalue weighted by molar-refractivity contribution is 8.14. The van der Waals surface area contributed by atoms with Gasteiger partial charge in [-0.15, -0.1) is 0 Å². The molecule has 2 rings (SSSR count). The number of rotatable bonds is 2. The van der Waals surface area contributed by atoms with Crippen LogP contribution in [0, 0.1) is 0 Å². The van der Waals surface area contributed by atoms with Crippen LogP contribution >= 0.6 is 23.4 Å². The molecule has 84 valence electrons. The van der Waals surface area contributed by atoms with Gasteiger partial charge in [0.05, 0.1) is 17.1 Å². The molecule has 1 aromatic carbocycles. The van der Waals surface area contributed by atoms with Crippen molar-refractivity contribution in [2.75, 3.05) is 17.6 Å². The van der Waals surface area contributed by atoms with E-state index < -0.39 is 5.97 Å². The van der Waals surface area contributed by atoms with Crippen LogP contribution in [-0.2, 0) is 0 Å². The standard InChI is InChI=1S/C10H9ClN2O2S/c11-8-5-6(1-2-7(8)9(14)15)13-10-12-3-4-16-10/h1-2,5H,3-4H2,(H,12,13)(H,14,15). The summed E-state index contributed by atoms with van der Waals surface area (Å²) in [4.78, 5) is 15.0. The zero-order chi connectivity index (χ0) is 11.5. The van der Waals surface area contributed by atoms with Crippen LogP contribution in [0.15, 0.2) is 23.2 Å². The number of hydrogen-bond donors (Lipinski definition) is 2. The smallest absolute Gasteiger partial charge is 0.337 e. The number of nitrogens with one attached hydrogen (secondary N) is 1. The van der Waals surface area contributed by atoms with Gasteiger partial charge in [-0.25, -0.2) is 4.79 Å². The van der Waals surface area contributed by atoms with Crippen LogP contribution in [0.1, 0.15) is 10.4 Å². The highest BCUT2D eigenvalue weighted by atomic mass is 35.5. The molecule has 0 amide bonds. The number of aromatic carboxylic acids is 1. The normalized spacial score (nSPS) is 14.7. The summed E-state index contributed by atoms with van der Waals surface area (Å²) in [5.74, 6) is -0.0485. The quantitative estimate of drug-likeness (QED) is 0.854. The largest absolute Gasteiger partial charge is 0.478 e. The summed E-state index contributed by atoms with van der Waals surface area (Å²) in [6.07, 6.45) is 0. The molecule has 0 radical (unpaired) electrons. The van der Waals surface area contributed by atoms with Crippen molar-refractivity contribution in [3.05, 3.63) is 28.8 Å². The lowest BCUT2D eigenvalue weighted by atomic mass is 10.2. The van der Waals surface area contributed by atoms with Crippen molar-refractivity contribution < 1.29 is 9.90 Å². The highest BCUT2D eigenvalue weighted by Crippen LogP contribution is 2.23. The van der Waals surface area contributed by atoms with Crippen molar-refractivity contribution >= 4 is 40.2 Å². The average molecular weight is 257 g/mol. The summed E-state index contributed by atoms with van der Waals surface area (Å²) in [7, 11) is 0. The molecule has 16 heavy (non-hydrogen) atoms. The summed E-state index contributed by atoms with van der Waals surface area (Å²) in [5, 5.41) is 13.0. The average Bonchev–Trinajstić information content (AvgIpc) is 2.70. The molecule has 1 aliphatic rings. The predicted molar refractivity (Wildman–Crippen MR) is 66.8 cm³/mol. The first kappa shape index (κ1) is 11.3. The van der Waals surface area contributed by atoms with Crippen LogP contribution in [0.3, 0.4) is 0 Å². The van der Waals surface area contributed by atoms with Crippen LogP contribution in [-0.4, -0.2) is 28.5 Å². The molecule has 6 heteroatoms. The lowest BCUT2D eigenvalue weighted by Gasteiger charge is -2.06. The first-order valence-electron chi connectivity index (χ1n) is 4.64. The Labute approximate surface area is 102 Å². The number of hydrogen-bond acceptors (Lipinski definition) is 4. The molecule has 0 atom stereocenters. The van der Waals surface area contributed by atoms with Crippen molar-refractivity contribution in [3.63, 3.8) is 0 Å². The second-order valence-electron chi connectivity index (χ2n) is 3.16. The third-order valence-electron chi connectivity index (χ3n) is 2.04. The van der Waals surface area contributed by atoms with E-state index in [-0.39, 0.29) is 10.6 Å². The molecule has 0 bridgehead atoms. The maximum Gasteiger partial charge on any atom is 0.337 e. The first-order chi connectivity index (χ1) is 7.66. The van der Waals surface area contributed by atoms with Crippen molar-refractivity contribution in [3.8, 4) is 0 Å². The minimum Gasteiger partial charge on any atom is -0.478 e. The molecule has 4 nitrogen and oxygen atoms in total. The van der Waals surface area contributed by atoms with Crippen molar-refractivity contribution in [1.29, 1.82) is 0 Å². The van der Waals surface area contributed by atoms with Gasteiger partial charge in [0.1, 0.15) is 0 Å². The van der Waals surface area contributed by atoms with Gasteiger partial charge in [0.15, 0.2) is 5.17 Å². The van der Waals surface area contributed by atoms with Crippen LogP contribution in [0.2, 0.25) is 5.02 Å². The van der Waals surface area contributed by atoms with E-state index in [1.54, 1.807) is 23.9 Å². The van der Waals surface area contributed by atoms with Crippen LogP contribution in [0.5, 0.6) is 0 Å². The molecule has 0 aromatic heterocycles. The molecule has 0 fully saturated rings. The lowest BCUT2D eigenvalue weighted by molar-refractivity contribution is 0.0697. The van der Waals surface area contributed by atoms with Crippen LogP contribution in [0.25, 0.3) is 0 Å². The van der Waals surface area contributed by atoms with Gasteiger partial charge in [-0.1, -0.05) is 23.4 Å². The Morgan fingerprint density at radius 3 is 2.94 bits per heavy atom. The molecular formula is C10H9ClN2O2S. The van der Waals surface area contributed by atoms with E-state index in [0.29, 0.717) is 0 Å². The second kappa shape index (κ2) is 4.76.